The molecule has 1 aromatic carbocycles. The van der Waals surface area contributed by atoms with Gasteiger partial charge < -0.3 is 4.74 Å². The number of carbonyl (C=O) groups excluding carboxylic acids is 2. The molecule has 0 bridgehead atoms. The van der Waals surface area contributed by atoms with Gasteiger partial charge in [-0.15, -0.1) is 0 Å². The summed E-state index contributed by atoms with van der Waals surface area (Å²) in [5.74, 6) is -1.81. The van der Waals surface area contributed by atoms with Crippen molar-refractivity contribution >= 4 is 22.8 Å². The van der Waals surface area contributed by atoms with Crippen LogP contribution < -0.4 is 0 Å². The number of nitrogens with zero attached hydrogens (tertiary/aromatic N) is 2. The molecule has 1 heterocycles. The van der Waals surface area contributed by atoms with E-state index in [0.717, 1.165) is 17.9 Å². The molecule has 2 rings (SSSR count). The van der Waals surface area contributed by atoms with Crippen LogP contribution in [0.4, 0.5) is 4.39 Å². The number of hydrogen-bond acceptors (Lipinski definition) is 4. The molecule has 0 aliphatic heterocycles. The van der Waals surface area contributed by atoms with E-state index < -0.39 is 11.8 Å². The lowest BCUT2D eigenvalue weighted by molar-refractivity contribution is 0.0597. The second-order valence-electron chi connectivity index (χ2n) is 3.42. The fourth-order valence-electron chi connectivity index (χ4n) is 1.64. The number of methoxy groups -OCH3 is 1. The Balaban J connectivity index is 2.79. The van der Waals surface area contributed by atoms with Crippen LogP contribution >= 0.6 is 0 Å². The Kier molecular flexibility index (Phi) is 2.63. The van der Waals surface area contributed by atoms with Crippen molar-refractivity contribution in [2.75, 3.05) is 7.11 Å². The minimum atomic E-state index is -0.795. The first-order valence-electron chi connectivity index (χ1n) is 4.81. The Morgan fingerprint density at radius 1 is 1.41 bits per heavy atom. The van der Waals surface area contributed by atoms with Gasteiger partial charge in [-0.05, 0) is 12.1 Å². The predicted molar refractivity (Wildman–Crippen MR) is 57.3 cm³/mol. The molecule has 0 aliphatic carbocycles. The smallest absolute Gasteiger partial charge is 0.341 e. The SMILES string of the molecule is COC(=O)c1c(F)ccc2c1cnn2C(C)=O. The maximum Gasteiger partial charge on any atom is 0.341 e. The molecule has 0 radical (unpaired) electrons. The lowest BCUT2D eigenvalue weighted by Gasteiger charge is -2.03. The Bertz CT molecular complexity index is 618. The van der Waals surface area contributed by atoms with Crippen LogP contribution in [-0.4, -0.2) is 28.8 Å². The summed E-state index contributed by atoms with van der Waals surface area (Å²) in [7, 11) is 1.16. The lowest BCUT2D eigenvalue weighted by Crippen LogP contribution is -2.08. The van der Waals surface area contributed by atoms with Crippen molar-refractivity contribution in [3.05, 3.63) is 29.7 Å². The molecule has 17 heavy (non-hydrogen) atoms. The molecule has 0 fully saturated rings. The van der Waals surface area contributed by atoms with E-state index in [2.05, 4.69) is 9.84 Å². The van der Waals surface area contributed by atoms with E-state index in [1.54, 1.807) is 0 Å². The highest BCUT2D eigenvalue weighted by Gasteiger charge is 2.19. The second-order valence-corrected chi connectivity index (χ2v) is 3.42. The van der Waals surface area contributed by atoms with Crippen molar-refractivity contribution in [1.82, 2.24) is 9.78 Å². The van der Waals surface area contributed by atoms with Crippen molar-refractivity contribution in [2.45, 2.75) is 6.92 Å². The van der Waals surface area contributed by atoms with Gasteiger partial charge in [0.05, 0.1) is 18.8 Å². The molecule has 0 amide bonds. The van der Waals surface area contributed by atoms with Gasteiger partial charge in [-0.25, -0.2) is 13.9 Å². The number of esters is 1. The normalized spacial score (nSPS) is 10.5. The standard InChI is InChI=1S/C11H9FN2O3/c1-6(15)14-9-4-3-8(12)10(11(16)17-2)7(9)5-13-14/h3-5H,1-2H3. The minimum absolute atomic E-state index is 0.211. The first-order chi connectivity index (χ1) is 8.06. The van der Waals surface area contributed by atoms with Gasteiger partial charge in [0, 0.05) is 12.3 Å². The van der Waals surface area contributed by atoms with E-state index in [9.17, 15) is 14.0 Å². The number of fused-ring (bicyclic) bond motifs is 1. The Hall–Kier alpha value is -2.24. The van der Waals surface area contributed by atoms with Crippen LogP contribution in [0, 0.1) is 5.82 Å². The lowest BCUT2D eigenvalue weighted by atomic mass is 10.1. The molecule has 0 unspecified atom stereocenters. The van der Waals surface area contributed by atoms with Crippen LogP contribution in [0.2, 0.25) is 0 Å². The number of carbonyl (C=O) groups is 2. The van der Waals surface area contributed by atoms with Crippen LogP contribution in [0.1, 0.15) is 22.1 Å². The zero-order valence-corrected chi connectivity index (χ0v) is 9.23. The summed E-state index contributed by atoms with van der Waals surface area (Å²) in [4.78, 5) is 22.7. The van der Waals surface area contributed by atoms with Gasteiger partial charge in [0.15, 0.2) is 0 Å². The van der Waals surface area contributed by atoms with Gasteiger partial charge in [0.1, 0.15) is 11.4 Å². The van der Waals surface area contributed by atoms with Crippen LogP contribution in [-0.2, 0) is 4.74 Å². The Labute approximate surface area is 95.8 Å². The van der Waals surface area contributed by atoms with Crippen LogP contribution in [0.15, 0.2) is 18.3 Å². The van der Waals surface area contributed by atoms with Gasteiger partial charge in [-0.3, -0.25) is 4.79 Å². The molecule has 0 aliphatic rings. The molecule has 6 heteroatoms. The average molecular weight is 236 g/mol. The quantitative estimate of drug-likeness (QED) is 0.706. The Morgan fingerprint density at radius 2 is 2.12 bits per heavy atom. The molecule has 0 spiro atoms. The summed E-state index contributed by atoms with van der Waals surface area (Å²) in [6.07, 6.45) is 1.27. The van der Waals surface area contributed by atoms with Gasteiger partial charge >= 0.3 is 5.97 Å². The maximum absolute atomic E-state index is 13.5. The van der Waals surface area contributed by atoms with Crippen molar-refractivity contribution in [3.63, 3.8) is 0 Å². The molecule has 0 saturated heterocycles. The summed E-state index contributed by atoms with van der Waals surface area (Å²) >= 11 is 0. The number of benzene rings is 1. The predicted octanol–water partition coefficient (Wildman–Crippen LogP) is 1.62. The fraction of sp³-hybridized carbons (Fsp3) is 0.182. The van der Waals surface area contributed by atoms with E-state index in [1.165, 1.54) is 19.2 Å². The topological polar surface area (TPSA) is 61.2 Å². The number of ether oxygens (including phenoxy) is 1. The molecule has 0 atom stereocenters. The van der Waals surface area contributed by atoms with Crippen LogP contribution in [0.5, 0.6) is 0 Å². The van der Waals surface area contributed by atoms with Gasteiger partial charge in [-0.1, -0.05) is 0 Å². The van der Waals surface area contributed by atoms with Gasteiger partial charge in [0.25, 0.3) is 0 Å². The number of hydrogen-bond donors (Lipinski definition) is 0. The molecular formula is C11H9FN2O3. The maximum atomic E-state index is 13.5. The average Bonchev–Trinajstić information content (AvgIpc) is 2.71. The molecule has 0 N–H and O–H groups in total. The highest BCUT2D eigenvalue weighted by Crippen LogP contribution is 2.22. The van der Waals surface area contributed by atoms with Crippen LogP contribution in [0.25, 0.3) is 10.9 Å². The molecule has 1 aromatic heterocycles. The van der Waals surface area contributed by atoms with E-state index in [0.29, 0.717) is 5.52 Å². The largest absolute Gasteiger partial charge is 0.465 e. The van der Waals surface area contributed by atoms with E-state index in [1.807, 2.05) is 0 Å². The number of halogens is 1. The van der Waals surface area contributed by atoms with Gasteiger partial charge in [-0.2, -0.15) is 5.10 Å². The zero-order chi connectivity index (χ0) is 12.6. The minimum Gasteiger partial charge on any atom is -0.465 e. The molecule has 5 nitrogen and oxygen atoms in total. The molecular weight excluding hydrogens is 227 g/mol. The van der Waals surface area contributed by atoms with E-state index in [-0.39, 0.29) is 16.9 Å². The summed E-state index contributed by atoms with van der Waals surface area (Å²) in [6.45, 7) is 1.33. The third-order valence-corrected chi connectivity index (χ3v) is 2.39. The molecule has 88 valence electrons. The summed E-state index contributed by atoms with van der Waals surface area (Å²) in [6, 6.07) is 2.50. The van der Waals surface area contributed by atoms with Crippen molar-refractivity contribution in [1.29, 1.82) is 0 Å². The zero-order valence-electron chi connectivity index (χ0n) is 9.23. The summed E-state index contributed by atoms with van der Waals surface area (Å²) in [5.41, 5.74) is 0.164. The number of rotatable bonds is 1. The molecule has 2 aromatic rings. The fourth-order valence-corrected chi connectivity index (χ4v) is 1.64. The monoisotopic (exact) mass is 236 g/mol. The summed E-state index contributed by atoms with van der Waals surface area (Å²) < 4.78 is 19.1. The second kappa shape index (κ2) is 3.97. The number of aromatic nitrogens is 2. The van der Waals surface area contributed by atoms with E-state index in [4.69, 9.17) is 0 Å². The Morgan fingerprint density at radius 3 is 2.71 bits per heavy atom. The van der Waals surface area contributed by atoms with Crippen LogP contribution in [0.3, 0.4) is 0 Å². The first kappa shape index (κ1) is 11.3. The van der Waals surface area contributed by atoms with E-state index >= 15 is 0 Å². The van der Waals surface area contributed by atoms with Crippen molar-refractivity contribution in [3.8, 4) is 0 Å². The summed E-state index contributed by atoms with van der Waals surface area (Å²) in [5, 5.41) is 4.06. The highest BCUT2D eigenvalue weighted by molar-refractivity contribution is 6.05. The van der Waals surface area contributed by atoms with Gasteiger partial charge in [0.2, 0.25) is 5.91 Å². The first-order valence-corrected chi connectivity index (χ1v) is 4.81. The third-order valence-electron chi connectivity index (χ3n) is 2.39. The van der Waals surface area contributed by atoms with Crippen molar-refractivity contribution < 1.29 is 18.7 Å². The highest BCUT2D eigenvalue weighted by atomic mass is 19.1. The van der Waals surface area contributed by atoms with Crippen molar-refractivity contribution in [2.24, 2.45) is 0 Å². The third kappa shape index (κ3) is 1.67. The molecule has 0 saturated carbocycles.